The number of nitrogens with two attached hydrogens (primary N) is 1. The summed E-state index contributed by atoms with van der Waals surface area (Å²) in [6.45, 7) is 4.00. The molecule has 0 saturated carbocycles. The Kier molecular flexibility index (Phi) is 6.45. The van der Waals surface area contributed by atoms with Gasteiger partial charge >= 0.3 is 0 Å². The first-order valence-corrected chi connectivity index (χ1v) is 4.77. The fraction of sp³-hybridized carbons (Fsp3) is 0.364. The Morgan fingerprint density at radius 2 is 1.80 bits per heavy atom. The summed E-state index contributed by atoms with van der Waals surface area (Å²) in [5.41, 5.74) is 5.68. The molecule has 15 heavy (non-hydrogen) atoms. The predicted octanol–water partition coefficient (Wildman–Crippen LogP) is 2.31. The molecule has 0 spiro atoms. The molecule has 0 aliphatic heterocycles. The number of carbonyl (C=O) groups is 1. The fourth-order valence-corrected chi connectivity index (χ4v) is 1.05. The zero-order valence-corrected chi connectivity index (χ0v) is 8.84. The molecule has 1 aromatic carbocycles. The van der Waals surface area contributed by atoms with Crippen LogP contribution in [0.4, 0.5) is 8.78 Å². The van der Waals surface area contributed by atoms with Gasteiger partial charge in [-0.05, 0) is 24.1 Å². The highest BCUT2D eigenvalue weighted by Gasteiger charge is 2.05. The van der Waals surface area contributed by atoms with Crippen LogP contribution in [0.5, 0.6) is 0 Å². The number of rotatable bonds is 3. The standard InChI is InChI=1S/C9H9F2NO.C2H6.H2/c10-7-1-6(2-8(11)4-7)3-9(12)5-13;1-2;/h1-2,4-5,9H,3,12H2;1-2H3;1H/t9-;;/m0../s1. The smallest absolute Gasteiger partial charge is 0.137 e. The van der Waals surface area contributed by atoms with E-state index in [1.54, 1.807) is 0 Å². The van der Waals surface area contributed by atoms with Crippen LogP contribution in [0.15, 0.2) is 18.2 Å². The Morgan fingerprint density at radius 1 is 1.33 bits per heavy atom. The molecule has 0 radical (unpaired) electrons. The third-order valence-electron chi connectivity index (χ3n) is 1.57. The first-order valence-electron chi connectivity index (χ1n) is 4.77. The van der Waals surface area contributed by atoms with Crippen molar-refractivity contribution in [3.8, 4) is 0 Å². The van der Waals surface area contributed by atoms with Gasteiger partial charge in [0.1, 0.15) is 17.9 Å². The molecule has 0 aromatic heterocycles. The molecule has 2 nitrogen and oxygen atoms in total. The van der Waals surface area contributed by atoms with Crippen LogP contribution in [0.1, 0.15) is 20.8 Å². The maximum Gasteiger partial charge on any atom is 0.137 e. The van der Waals surface area contributed by atoms with Gasteiger partial charge in [0.25, 0.3) is 0 Å². The maximum atomic E-state index is 12.6. The molecule has 0 saturated heterocycles. The van der Waals surface area contributed by atoms with Gasteiger partial charge in [-0.15, -0.1) is 0 Å². The van der Waals surface area contributed by atoms with Gasteiger partial charge in [0.2, 0.25) is 0 Å². The van der Waals surface area contributed by atoms with Gasteiger partial charge in [0, 0.05) is 7.49 Å². The highest BCUT2D eigenvalue weighted by atomic mass is 19.1. The van der Waals surface area contributed by atoms with Crippen molar-refractivity contribution in [2.24, 2.45) is 5.73 Å². The number of benzene rings is 1. The first kappa shape index (κ1) is 13.7. The van der Waals surface area contributed by atoms with Crippen molar-refractivity contribution in [1.29, 1.82) is 0 Å². The minimum atomic E-state index is -0.707. The monoisotopic (exact) mass is 217 g/mol. The van der Waals surface area contributed by atoms with Crippen LogP contribution in [0, 0.1) is 11.6 Å². The third-order valence-corrected chi connectivity index (χ3v) is 1.57. The summed E-state index contributed by atoms with van der Waals surface area (Å²) >= 11 is 0. The minimum Gasteiger partial charge on any atom is -0.321 e. The van der Waals surface area contributed by atoms with Crippen LogP contribution in [-0.4, -0.2) is 12.3 Å². The van der Waals surface area contributed by atoms with Crippen LogP contribution in [0.25, 0.3) is 0 Å². The quantitative estimate of drug-likeness (QED) is 0.789. The van der Waals surface area contributed by atoms with Gasteiger partial charge in [0.15, 0.2) is 0 Å². The van der Waals surface area contributed by atoms with Crippen molar-refractivity contribution >= 4 is 6.29 Å². The Hall–Kier alpha value is -1.29. The molecule has 0 bridgehead atoms. The first-order chi connectivity index (χ1) is 7.11. The lowest BCUT2D eigenvalue weighted by Crippen LogP contribution is -2.24. The Morgan fingerprint density at radius 3 is 2.20 bits per heavy atom. The van der Waals surface area contributed by atoms with Crippen LogP contribution >= 0.6 is 0 Å². The molecular formula is C11H17F2NO. The zero-order chi connectivity index (χ0) is 11.8. The maximum absolute atomic E-state index is 12.6. The average Bonchev–Trinajstić information content (AvgIpc) is 2.19. The van der Waals surface area contributed by atoms with E-state index in [9.17, 15) is 13.6 Å². The number of carbonyl (C=O) groups excluding carboxylic acids is 1. The van der Waals surface area contributed by atoms with E-state index in [1.165, 1.54) is 0 Å². The number of hydrogen-bond acceptors (Lipinski definition) is 2. The molecule has 4 heteroatoms. The van der Waals surface area contributed by atoms with Gasteiger partial charge in [-0.3, -0.25) is 0 Å². The summed E-state index contributed by atoms with van der Waals surface area (Å²) in [7, 11) is 0. The van der Waals surface area contributed by atoms with E-state index in [2.05, 4.69) is 0 Å². The molecule has 1 aromatic rings. The molecule has 0 heterocycles. The normalized spacial score (nSPS) is 11.3. The molecule has 0 fully saturated rings. The molecular weight excluding hydrogens is 200 g/mol. The molecule has 86 valence electrons. The second-order valence-corrected chi connectivity index (χ2v) is 2.78. The van der Waals surface area contributed by atoms with Gasteiger partial charge in [-0.1, -0.05) is 13.8 Å². The minimum absolute atomic E-state index is 0. The summed E-state index contributed by atoms with van der Waals surface area (Å²) in [6, 6.07) is 2.38. The van der Waals surface area contributed by atoms with Crippen molar-refractivity contribution in [1.82, 2.24) is 0 Å². The largest absolute Gasteiger partial charge is 0.321 e. The number of hydrogen-bond donors (Lipinski definition) is 1. The molecule has 0 unspecified atom stereocenters. The second-order valence-electron chi connectivity index (χ2n) is 2.78. The zero-order valence-electron chi connectivity index (χ0n) is 8.84. The van der Waals surface area contributed by atoms with Gasteiger partial charge in [0.05, 0.1) is 6.04 Å². The summed E-state index contributed by atoms with van der Waals surface area (Å²) in [4.78, 5) is 10.2. The SMILES string of the molecule is CC.N[C@H](C=O)Cc1cc(F)cc(F)c1.[HH]. The molecule has 0 aliphatic rings. The summed E-state index contributed by atoms with van der Waals surface area (Å²) in [6.07, 6.45) is 0.695. The third kappa shape index (κ3) is 5.22. The highest BCUT2D eigenvalue weighted by Crippen LogP contribution is 2.08. The lowest BCUT2D eigenvalue weighted by atomic mass is 10.1. The second kappa shape index (κ2) is 7.06. The molecule has 2 N–H and O–H groups in total. The Bertz CT molecular complexity index is 301. The molecule has 1 rings (SSSR count). The van der Waals surface area contributed by atoms with Crippen molar-refractivity contribution in [3.63, 3.8) is 0 Å². The Balaban J connectivity index is 0. The van der Waals surface area contributed by atoms with Crippen LogP contribution in [0.2, 0.25) is 0 Å². The van der Waals surface area contributed by atoms with Crippen molar-refractivity contribution in [3.05, 3.63) is 35.4 Å². The lowest BCUT2D eigenvalue weighted by molar-refractivity contribution is -0.108. The van der Waals surface area contributed by atoms with E-state index in [4.69, 9.17) is 5.73 Å². The summed E-state index contributed by atoms with van der Waals surface area (Å²) in [5, 5.41) is 0. The van der Waals surface area contributed by atoms with Gasteiger partial charge < -0.3 is 10.5 Å². The van der Waals surface area contributed by atoms with E-state index in [1.807, 2.05) is 13.8 Å². The van der Waals surface area contributed by atoms with Crippen LogP contribution in [-0.2, 0) is 11.2 Å². The van der Waals surface area contributed by atoms with Crippen molar-refractivity contribution in [2.75, 3.05) is 0 Å². The number of aldehydes is 1. The number of halogens is 2. The van der Waals surface area contributed by atoms with E-state index < -0.39 is 17.7 Å². The van der Waals surface area contributed by atoms with E-state index in [-0.39, 0.29) is 7.85 Å². The molecule has 0 aliphatic carbocycles. The van der Waals surface area contributed by atoms with Crippen molar-refractivity contribution < 1.29 is 15.0 Å². The Labute approximate surface area is 89.6 Å². The molecule has 0 amide bonds. The van der Waals surface area contributed by atoms with Gasteiger partial charge in [-0.2, -0.15) is 0 Å². The summed E-state index contributed by atoms with van der Waals surface area (Å²) < 4.78 is 25.2. The van der Waals surface area contributed by atoms with Crippen LogP contribution < -0.4 is 5.73 Å². The van der Waals surface area contributed by atoms with E-state index in [0.717, 1.165) is 18.2 Å². The topological polar surface area (TPSA) is 43.1 Å². The summed E-state index contributed by atoms with van der Waals surface area (Å²) in [5.74, 6) is -1.32. The van der Waals surface area contributed by atoms with Gasteiger partial charge in [-0.25, -0.2) is 8.78 Å². The predicted molar refractivity (Wildman–Crippen MR) is 57.6 cm³/mol. The van der Waals surface area contributed by atoms with E-state index >= 15 is 0 Å². The van der Waals surface area contributed by atoms with Crippen LogP contribution in [0.3, 0.4) is 0 Å². The fourth-order valence-electron chi connectivity index (χ4n) is 1.05. The lowest BCUT2D eigenvalue weighted by Gasteiger charge is -2.03. The molecule has 1 atom stereocenters. The van der Waals surface area contributed by atoms with E-state index in [0.29, 0.717) is 11.8 Å². The highest BCUT2D eigenvalue weighted by molar-refractivity contribution is 5.57. The average molecular weight is 217 g/mol. The van der Waals surface area contributed by atoms with Crippen molar-refractivity contribution in [2.45, 2.75) is 26.3 Å².